The van der Waals surface area contributed by atoms with E-state index >= 15 is 0 Å². The zero-order chi connectivity index (χ0) is 11.4. The molecule has 0 spiro atoms. The Morgan fingerprint density at radius 1 is 1.44 bits per heavy atom. The molecule has 0 amide bonds. The lowest BCUT2D eigenvalue weighted by atomic mass is 10.2. The van der Waals surface area contributed by atoms with Gasteiger partial charge in [-0.15, -0.1) is 0 Å². The van der Waals surface area contributed by atoms with Gasteiger partial charge in [-0.2, -0.15) is 4.98 Å². The van der Waals surface area contributed by atoms with Gasteiger partial charge in [-0.1, -0.05) is 12.1 Å². The van der Waals surface area contributed by atoms with E-state index in [1.807, 2.05) is 6.92 Å². The van der Waals surface area contributed by atoms with Crippen LogP contribution in [-0.4, -0.2) is 39.3 Å². The predicted molar refractivity (Wildman–Crippen MR) is 58.8 cm³/mol. The molecule has 1 atom stereocenters. The van der Waals surface area contributed by atoms with Crippen LogP contribution >= 0.6 is 0 Å². The standard InChI is InChI=1S/C11H19N3O2/c1-2-11-12-10(13-16-11)8-14-6-3-4-9(15)5-7-14/h9,15H,2-8H2,1H3. The number of aliphatic hydroxyl groups is 1. The van der Waals surface area contributed by atoms with E-state index in [9.17, 15) is 5.11 Å². The van der Waals surface area contributed by atoms with Crippen LogP contribution in [0.25, 0.3) is 0 Å². The van der Waals surface area contributed by atoms with Gasteiger partial charge in [-0.05, 0) is 25.8 Å². The summed E-state index contributed by atoms with van der Waals surface area (Å²) in [6.45, 7) is 4.65. The molecule has 1 aliphatic heterocycles. The van der Waals surface area contributed by atoms with E-state index in [2.05, 4.69) is 15.0 Å². The van der Waals surface area contributed by atoms with Crippen molar-refractivity contribution in [2.75, 3.05) is 13.1 Å². The minimum atomic E-state index is -0.138. The molecular weight excluding hydrogens is 206 g/mol. The van der Waals surface area contributed by atoms with Gasteiger partial charge in [0.05, 0.1) is 12.6 Å². The number of aryl methyl sites for hydroxylation is 1. The fourth-order valence-corrected chi connectivity index (χ4v) is 1.99. The molecule has 1 saturated heterocycles. The van der Waals surface area contributed by atoms with Gasteiger partial charge in [-0.25, -0.2) is 0 Å². The zero-order valence-corrected chi connectivity index (χ0v) is 9.72. The highest BCUT2D eigenvalue weighted by Crippen LogP contribution is 2.12. The molecule has 0 bridgehead atoms. The third-order valence-corrected chi connectivity index (χ3v) is 2.97. The number of likely N-dealkylation sites (tertiary alicyclic amines) is 1. The SMILES string of the molecule is CCc1nc(CN2CCCC(O)CC2)no1. The molecule has 5 nitrogen and oxygen atoms in total. The molecule has 1 N–H and O–H groups in total. The number of aromatic nitrogens is 2. The van der Waals surface area contributed by atoms with Gasteiger partial charge in [0.15, 0.2) is 5.82 Å². The molecule has 1 aliphatic rings. The van der Waals surface area contributed by atoms with E-state index in [1.54, 1.807) is 0 Å². The number of nitrogens with zero attached hydrogens (tertiary/aromatic N) is 3. The van der Waals surface area contributed by atoms with Crippen LogP contribution in [0.1, 0.15) is 37.9 Å². The van der Waals surface area contributed by atoms with Crippen LogP contribution < -0.4 is 0 Å². The summed E-state index contributed by atoms with van der Waals surface area (Å²) < 4.78 is 5.07. The molecular formula is C11H19N3O2. The second kappa shape index (κ2) is 5.41. The van der Waals surface area contributed by atoms with E-state index in [1.165, 1.54) is 0 Å². The van der Waals surface area contributed by atoms with Gasteiger partial charge in [0.2, 0.25) is 5.89 Å². The first kappa shape index (κ1) is 11.5. The Labute approximate surface area is 95.4 Å². The van der Waals surface area contributed by atoms with Crippen molar-refractivity contribution in [3.05, 3.63) is 11.7 Å². The fraction of sp³-hybridized carbons (Fsp3) is 0.818. The molecule has 16 heavy (non-hydrogen) atoms. The number of hydrogen-bond donors (Lipinski definition) is 1. The monoisotopic (exact) mass is 225 g/mol. The number of hydrogen-bond acceptors (Lipinski definition) is 5. The second-order valence-electron chi connectivity index (χ2n) is 4.32. The first-order valence-corrected chi connectivity index (χ1v) is 6.00. The van der Waals surface area contributed by atoms with Crippen LogP contribution in [0.5, 0.6) is 0 Å². The highest BCUT2D eigenvalue weighted by atomic mass is 16.5. The molecule has 1 aromatic rings. The van der Waals surface area contributed by atoms with Crippen LogP contribution in [0.2, 0.25) is 0 Å². The molecule has 90 valence electrons. The highest BCUT2D eigenvalue weighted by molar-refractivity contribution is 4.86. The van der Waals surface area contributed by atoms with E-state index < -0.39 is 0 Å². The number of rotatable bonds is 3. The average molecular weight is 225 g/mol. The molecule has 0 saturated carbocycles. The zero-order valence-electron chi connectivity index (χ0n) is 9.72. The lowest BCUT2D eigenvalue weighted by molar-refractivity contribution is 0.154. The normalized spacial score (nSPS) is 23.2. The Kier molecular flexibility index (Phi) is 3.90. The van der Waals surface area contributed by atoms with Gasteiger partial charge in [-0.3, -0.25) is 4.90 Å². The Bertz CT molecular complexity index is 327. The molecule has 1 unspecified atom stereocenters. The molecule has 2 rings (SSSR count). The first-order valence-electron chi connectivity index (χ1n) is 6.00. The van der Waals surface area contributed by atoms with Crippen molar-refractivity contribution in [3.63, 3.8) is 0 Å². The smallest absolute Gasteiger partial charge is 0.226 e. The van der Waals surface area contributed by atoms with Gasteiger partial charge in [0, 0.05) is 13.0 Å². The van der Waals surface area contributed by atoms with Crippen LogP contribution in [-0.2, 0) is 13.0 Å². The van der Waals surface area contributed by atoms with Crippen LogP contribution in [0, 0.1) is 0 Å². The minimum absolute atomic E-state index is 0.138. The van der Waals surface area contributed by atoms with Crippen molar-refractivity contribution in [2.45, 2.75) is 45.3 Å². The van der Waals surface area contributed by atoms with E-state index in [0.717, 1.165) is 51.1 Å². The summed E-state index contributed by atoms with van der Waals surface area (Å²) in [6.07, 6.45) is 3.44. The molecule has 0 radical (unpaired) electrons. The maximum atomic E-state index is 9.54. The quantitative estimate of drug-likeness (QED) is 0.830. The minimum Gasteiger partial charge on any atom is -0.393 e. The summed E-state index contributed by atoms with van der Waals surface area (Å²) in [5.41, 5.74) is 0. The Balaban J connectivity index is 1.88. The summed E-state index contributed by atoms with van der Waals surface area (Å²) >= 11 is 0. The highest BCUT2D eigenvalue weighted by Gasteiger charge is 2.16. The maximum Gasteiger partial charge on any atom is 0.226 e. The van der Waals surface area contributed by atoms with Crippen molar-refractivity contribution in [2.24, 2.45) is 0 Å². The molecule has 1 fully saturated rings. The van der Waals surface area contributed by atoms with Crippen molar-refractivity contribution >= 4 is 0 Å². The molecule has 0 aromatic carbocycles. The summed E-state index contributed by atoms with van der Waals surface area (Å²) in [5.74, 6) is 1.46. The third-order valence-electron chi connectivity index (χ3n) is 2.97. The third kappa shape index (κ3) is 3.02. The average Bonchev–Trinajstić information content (AvgIpc) is 2.63. The number of aliphatic hydroxyl groups excluding tert-OH is 1. The summed E-state index contributed by atoms with van der Waals surface area (Å²) in [6, 6.07) is 0. The molecule has 1 aromatic heterocycles. The molecule has 2 heterocycles. The van der Waals surface area contributed by atoms with Crippen molar-refractivity contribution in [1.29, 1.82) is 0 Å². The van der Waals surface area contributed by atoms with Crippen molar-refractivity contribution in [3.8, 4) is 0 Å². The van der Waals surface area contributed by atoms with Gasteiger partial charge in [0.1, 0.15) is 0 Å². The summed E-state index contributed by atoms with van der Waals surface area (Å²) in [7, 11) is 0. The lowest BCUT2D eigenvalue weighted by Crippen LogP contribution is -2.25. The van der Waals surface area contributed by atoms with Gasteiger partial charge in [0.25, 0.3) is 0 Å². The Morgan fingerprint density at radius 2 is 2.31 bits per heavy atom. The second-order valence-corrected chi connectivity index (χ2v) is 4.32. The predicted octanol–water partition coefficient (Wildman–Crippen LogP) is 0.979. The van der Waals surface area contributed by atoms with Crippen molar-refractivity contribution < 1.29 is 9.63 Å². The topological polar surface area (TPSA) is 62.4 Å². The lowest BCUT2D eigenvalue weighted by Gasteiger charge is -2.17. The van der Waals surface area contributed by atoms with Gasteiger partial charge >= 0.3 is 0 Å². The van der Waals surface area contributed by atoms with Crippen molar-refractivity contribution in [1.82, 2.24) is 15.0 Å². The van der Waals surface area contributed by atoms with Crippen LogP contribution in [0.4, 0.5) is 0 Å². The molecule has 0 aliphatic carbocycles. The maximum absolute atomic E-state index is 9.54. The largest absolute Gasteiger partial charge is 0.393 e. The van der Waals surface area contributed by atoms with Gasteiger partial charge < -0.3 is 9.63 Å². The fourth-order valence-electron chi connectivity index (χ4n) is 1.99. The van der Waals surface area contributed by atoms with Crippen LogP contribution in [0.3, 0.4) is 0 Å². The molecule has 5 heteroatoms. The Morgan fingerprint density at radius 3 is 3.06 bits per heavy atom. The summed E-state index contributed by atoms with van der Waals surface area (Å²) in [4.78, 5) is 6.57. The van der Waals surface area contributed by atoms with E-state index in [0.29, 0.717) is 5.89 Å². The Hall–Kier alpha value is -0.940. The van der Waals surface area contributed by atoms with E-state index in [4.69, 9.17) is 4.52 Å². The summed E-state index contributed by atoms with van der Waals surface area (Å²) in [5, 5.41) is 13.5. The van der Waals surface area contributed by atoms with Crippen LogP contribution in [0.15, 0.2) is 4.52 Å². The first-order chi connectivity index (χ1) is 7.78. The van der Waals surface area contributed by atoms with E-state index in [-0.39, 0.29) is 6.10 Å².